The summed E-state index contributed by atoms with van der Waals surface area (Å²) >= 11 is 0. The van der Waals surface area contributed by atoms with E-state index in [2.05, 4.69) is 29.8 Å². The first kappa shape index (κ1) is 40.8. The van der Waals surface area contributed by atoms with E-state index in [0.717, 1.165) is 32.1 Å². The second-order valence-corrected chi connectivity index (χ2v) is 14.3. The minimum Gasteiger partial charge on any atom is -0.464 e. The van der Waals surface area contributed by atoms with Crippen LogP contribution in [0.1, 0.15) is 105 Å². The number of rotatable bonds is 12. The molecule has 0 spiro atoms. The van der Waals surface area contributed by atoms with Crippen LogP contribution in [0.25, 0.3) is 0 Å². The van der Waals surface area contributed by atoms with Crippen LogP contribution in [0.15, 0.2) is 0 Å². The van der Waals surface area contributed by atoms with Crippen molar-refractivity contribution in [2.45, 2.75) is 130 Å². The Hall–Kier alpha value is -3.39. The number of amides is 5. The predicted octanol–water partition coefficient (Wildman–Crippen LogP) is 3.75. The molecular formula is C33H54F3N5O7. The van der Waals surface area contributed by atoms with Crippen molar-refractivity contribution in [1.29, 1.82) is 0 Å². The number of ketones is 1. The van der Waals surface area contributed by atoms with Gasteiger partial charge in [0.15, 0.2) is 0 Å². The Balaban J connectivity index is 0.000000688. The monoisotopic (exact) mass is 689 g/mol. The number of halogens is 3. The van der Waals surface area contributed by atoms with Crippen LogP contribution in [0.3, 0.4) is 0 Å². The van der Waals surface area contributed by atoms with E-state index in [1.54, 1.807) is 20.8 Å². The highest BCUT2D eigenvalue weighted by molar-refractivity contribution is 6.37. The molecule has 48 heavy (non-hydrogen) atoms. The summed E-state index contributed by atoms with van der Waals surface area (Å²) in [5, 5.41) is 7.74. The molecule has 0 aromatic rings. The van der Waals surface area contributed by atoms with Crippen LogP contribution in [0.2, 0.25) is 0 Å². The first-order chi connectivity index (χ1) is 22.4. The molecule has 3 unspecified atom stereocenters. The van der Waals surface area contributed by atoms with E-state index in [1.165, 1.54) is 11.3 Å². The molecule has 0 aromatic heterocycles. The first-order valence-electron chi connectivity index (χ1n) is 17.1. The number of nitrogens with one attached hydrogen (secondary N) is 3. The number of carbonyl (C=O) groups is 6. The molecule has 5 N–H and O–H groups in total. The maximum atomic E-state index is 13.6. The highest BCUT2D eigenvalue weighted by Gasteiger charge is 2.47. The van der Waals surface area contributed by atoms with Gasteiger partial charge in [0.2, 0.25) is 17.6 Å². The Morgan fingerprint density at radius 3 is 1.92 bits per heavy atom. The summed E-state index contributed by atoms with van der Waals surface area (Å²) in [4.78, 5) is 76.5. The quantitative estimate of drug-likeness (QED) is 0.178. The fourth-order valence-electron chi connectivity index (χ4n) is 5.14. The lowest BCUT2D eigenvalue weighted by molar-refractivity contribution is -0.147. The van der Waals surface area contributed by atoms with E-state index in [0.29, 0.717) is 51.2 Å². The van der Waals surface area contributed by atoms with Gasteiger partial charge in [-0.05, 0) is 62.2 Å². The second-order valence-electron chi connectivity index (χ2n) is 14.3. The van der Waals surface area contributed by atoms with Crippen LogP contribution in [-0.2, 0) is 28.7 Å². The first-order valence-corrected chi connectivity index (χ1v) is 17.1. The van der Waals surface area contributed by atoms with Crippen LogP contribution >= 0.6 is 0 Å². The topological polar surface area (TPSA) is 177 Å². The summed E-state index contributed by atoms with van der Waals surface area (Å²) < 4.78 is 38.8. The molecular weight excluding hydrogens is 635 g/mol. The standard InChI is InChI=1S/C26H41N5O7.C4H5F3.C3H8/c1-26(2,3)21(30-25(37)28-13-19(32)38-14-16-9-10-16)24(36)31-11-5-8-18(31)23(35)29-17(20(33)22(27)34)12-15-6-4-7-15;5-4(6,7)3-1-2-3;1-3-2/h15-18,21H,4-14H2,1-3H3,(H2,27,34)(H,29,35)(H2,28,30,37);3H,1-2H2;3H2,1-2H3. The van der Waals surface area contributed by atoms with Crippen molar-refractivity contribution in [3.8, 4) is 0 Å². The van der Waals surface area contributed by atoms with Gasteiger partial charge in [-0.2, -0.15) is 13.2 Å². The minimum atomic E-state index is -3.89. The Kier molecular flexibility index (Phi) is 15.6. The lowest BCUT2D eigenvalue weighted by atomic mass is 9.80. The summed E-state index contributed by atoms with van der Waals surface area (Å²) in [6, 6.07) is -3.56. The van der Waals surface area contributed by atoms with Crippen LogP contribution in [0, 0.1) is 23.2 Å². The van der Waals surface area contributed by atoms with Gasteiger partial charge in [-0.3, -0.25) is 24.0 Å². The van der Waals surface area contributed by atoms with Crippen LogP contribution < -0.4 is 21.7 Å². The fraction of sp³-hybridized carbons (Fsp3) is 0.818. The zero-order valence-corrected chi connectivity index (χ0v) is 28.9. The molecule has 0 radical (unpaired) electrons. The number of urea groups is 1. The third kappa shape index (κ3) is 14.0. The van der Waals surface area contributed by atoms with Gasteiger partial charge in [0.05, 0.1) is 18.6 Å². The van der Waals surface area contributed by atoms with E-state index in [1.807, 2.05) is 0 Å². The molecule has 274 valence electrons. The Morgan fingerprint density at radius 1 is 0.875 bits per heavy atom. The number of primary amides is 1. The molecule has 3 atom stereocenters. The van der Waals surface area contributed by atoms with Crippen molar-refractivity contribution < 1.29 is 46.7 Å². The number of hydrogen-bond donors (Lipinski definition) is 4. The second kappa shape index (κ2) is 18.4. The summed E-state index contributed by atoms with van der Waals surface area (Å²) in [5.41, 5.74) is 4.50. The van der Waals surface area contributed by atoms with E-state index in [9.17, 15) is 41.9 Å². The molecule has 0 aromatic carbocycles. The van der Waals surface area contributed by atoms with E-state index in [-0.39, 0.29) is 12.5 Å². The highest BCUT2D eigenvalue weighted by atomic mass is 19.4. The van der Waals surface area contributed by atoms with Crippen molar-refractivity contribution in [2.24, 2.45) is 28.9 Å². The molecule has 1 saturated heterocycles. The Labute approximate surface area is 281 Å². The number of nitrogens with zero attached hydrogens (tertiary/aromatic N) is 1. The molecule has 0 bridgehead atoms. The van der Waals surface area contributed by atoms with Crippen molar-refractivity contribution in [3.05, 3.63) is 0 Å². The molecule has 3 saturated carbocycles. The SMILES string of the molecule is CC(C)(C)C(NC(=O)NCC(=O)OCC1CC1)C(=O)N1CCCC1C(=O)NC(CC1CCC1)C(=O)C(N)=O.CCC.FC(F)(F)C1CC1. The number of nitrogens with two attached hydrogens (primary N) is 1. The summed E-state index contributed by atoms with van der Waals surface area (Å²) in [7, 11) is 0. The largest absolute Gasteiger partial charge is 0.464 e. The third-order valence-corrected chi connectivity index (χ3v) is 8.51. The summed E-state index contributed by atoms with van der Waals surface area (Å²) in [6.07, 6.45) is 4.31. The van der Waals surface area contributed by atoms with Gasteiger partial charge >= 0.3 is 18.2 Å². The van der Waals surface area contributed by atoms with Crippen molar-refractivity contribution in [3.63, 3.8) is 0 Å². The lowest BCUT2D eigenvalue weighted by Crippen LogP contribution is -2.60. The number of Topliss-reactive ketones (excluding diaryl/α,β-unsaturated/α-hetero) is 1. The predicted molar refractivity (Wildman–Crippen MR) is 171 cm³/mol. The number of alkyl halides is 3. The Bertz CT molecular complexity index is 1130. The average molecular weight is 690 g/mol. The van der Waals surface area contributed by atoms with E-state index in [4.69, 9.17) is 10.5 Å². The maximum absolute atomic E-state index is 13.6. The molecule has 4 aliphatic rings. The van der Waals surface area contributed by atoms with Gasteiger partial charge in [-0.15, -0.1) is 0 Å². The van der Waals surface area contributed by atoms with Crippen LogP contribution in [0.4, 0.5) is 18.0 Å². The van der Waals surface area contributed by atoms with Crippen molar-refractivity contribution >= 4 is 35.5 Å². The number of hydrogen-bond acceptors (Lipinski definition) is 7. The number of esters is 1. The summed E-state index contributed by atoms with van der Waals surface area (Å²) in [6.45, 7) is 9.92. The molecule has 15 heteroatoms. The highest BCUT2D eigenvalue weighted by Crippen LogP contribution is 2.43. The molecule has 1 heterocycles. The van der Waals surface area contributed by atoms with Crippen LogP contribution in [0.5, 0.6) is 0 Å². The van der Waals surface area contributed by atoms with Gasteiger partial charge in [-0.1, -0.05) is 60.3 Å². The average Bonchev–Trinajstić information content (AvgIpc) is 3.91. The van der Waals surface area contributed by atoms with Gasteiger partial charge in [0.25, 0.3) is 5.91 Å². The van der Waals surface area contributed by atoms with Gasteiger partial charge in [0, 0.05) is 6.54 Å². The van der Waals surface area contributed by atoms with Crippen molar-refractivity contribution in [2.75, 3.05) is 19.7 Å². The van der Waals surface area contributed by atoms with E-state index >= 15 is 0 Å². The molecule has 5 amide bonds. The lowest BCUT2D eigenvalue weighted by Gasteiger charge is -2.36. The van der Waals surface area contributed by atoms with Gasteiger partial charge in [0.1, 0.15) is 18.6 Å². The smallest absolute Gasteiger partial charge is 0.391 e. The normalized spacial score (nSPS) is 20.3. The molecule has 3 aliphatic carbocycles. The number of carbonyl (C=O) groups excluding carboxylic acids is 6. The molecule has 12 nitrogen and oxygen atoms in total. The van der Waals surface area contributed by atoms with E-state index < -0.39 is 71.1 Å². The third-order valence-electron chi connectivity index (χ3n) is 8.51. The summed E-state index contributed by atoms with van der Waals surface area (Å²) in [5.74, 6) is -3.77. The zero-order valence-electron chi connectivity index (χ0n) is 28.9. The van der Waals surface area contributed by atoms with Gasteiger partial charge < -0.3 is 31.3 Å². The zero-order chi connectivity index (χ0) is 36.2. The van der Waals surface area contributed by atoms with Gasteiger partial charge in [-0.25, -0.2) is 4.79 Å². The molecule has 4 rings (SSSR count). The number of ether oxygens (including phenoxy) is 1. The molecule has 4 fully saturated rings. The van der Waals surface area contributed by atoms with Crippen molar-refractivity contribution in [1.82, 2.24) is 20.9 Å². The maximum Gasteiger partial charge on any atom is 0.391 e. The Morgan fingerprint density at radius 2 is 1.48 bits per heavy atom. The minimum absolute atomic E-state index is 0.240. The van der Waals surface area contributed by atoms with Crippen LogP contribution in [-0.4, -0.2) is 84.4 Å². The number of likely N-dealkylation sites (tertiary alicyclic amines) is 1. The molecule has 1 aliphatic heterocycles. The fourth-order valence-corrected chi connectivity index (χ4v) is 5.14.